The summed E-state index contributed by atoms with van der Waals surface area (Å²) in [6.07, 6.45) is 0.470. The molecule has 0 saturated carbocycles. The standard InChI is InChI=1S/C20H21ClN2O3/c1-2-25-18-10-6-17(7-11-18)23(14-3-13-22)20(24)12-15-26-19-8-4-16(21)5-9-19/h4-11H,2-3,12,14-15H2,1H3. The molecule has 0 heterocycles. The molecule has 0 fully saturated rings. The average Bonchev–Trinajstić information content (AvgIpc) is 2.65. The molecule has 136 valence electrons. The Bertz CT molecular complexity index is 739. The van der Waals surface area contributed by atoms with Crippen molar-refractivity contribution < 1.29 is 14.3 Å². The number of halogens is 1. The number of ether oxygens (including phenoxy) is 2. The van der Waals surface area contributed by atoms with E-state index in [1.165, 1.54) is 0 Å². The van der Waals surface area contributed by atoms with Crippen LogP contribution in [0.5, 0.6) is 11.5 Å². The van der Waals surface area contributed by atoms with E-state index in [1.807, 2.05) is 31.2 Å². The van der Waals surface area contributed by atoms with Gasteiger partial charge in [0.1, 0.15) is 11.5 Å². The minimum Gasteiger partial charge on any atom is -0.494 e. The molecule has 0 saturated heterocycles. The number of amides is 1. The second kappa shape index (κ2) is 10.3. The molecule has 0 spiro atoms. The first-order chi connectivity index (χ1) is 12.6. The highest BCUT2D eigenvalue weighted by Gasteiger charge is 2.15. The molecule has 0 aliphatic carbocycles. The van der Waals surface area contributed by atoms with Gasteiger partial charge in [0.15, 0.2) is 0 Å². The van der Waals surface area contributed by atoms with Crippen LogP contribution in [0.4, 0.5) is 5.69 Å². The van der Waals surface area contributed by atoms with E-state index in [1.54, 1.807) is 29.2 Å². The van der Waals surface area contributed by atoms with Gasteiger partial charge in [0.2, 0.25) is 5.91 Å². The molecule has 0 aliphatic heterocycles. The monoisotopic (exact) mass is 372 g/mol. The molecule has 0 unspecified atom stereocenters. The summed E-state index contributed by atoms with van der Waals surface area (Å²) in [6, 6.07) is 16.3. The highest BCUT2D eigenvalue weighted by Crippen LogP contribution is 2.21. The summed E-state index contributed by atoms with van der Waals surface area (Å²) in [5.41, 5.74) is 0.736. The van der Waals surface area contributed by atoms with E-state index in [0.717, 1.165) is 11.4 Å². The molecule has 0 aromatic heterocycles. The van der Waals surface area contributed by atoms with E-state index < -0.39 is 0 Å². The second-order valence-electron chi connectivity index (χ2n) is 5.43. The molecule has 0 radical (unpaired) electrons. The quantitative estimate of drug-likeness (QED) is 0.652. The second-order valence-corrected chi connectivity index (χ2v) is 5.87. The van der Waals surface area contributed by atoms with Crippen LogP contribution in [0.1, 0.15) is 19.8 Å². The number of nitriles is 1. The van der Waals surface area contributed by atoms with Crippen molar-refractivity contribution in [1.82, 2.24) is 0 Å². The molecule has 2 aromatic carbocycles. The highest BCUT2D eigenvalue weighted by molar-refractivity contribution is 6.30. The van der Waals surface area contributed by atoms with Crippen molar-refractivity contribution in [2.75, 3.05) is 24.7 Å². The number of rotatable bonds is 9. The van der Waals surface area contributed by atoms with Crippen LogP contribution < -0.4 is 14.4 Å². The summed E-state index contributed by atoms with van der Waals surface area (Å²) in [4.78, 5) is 14.2. The van der Waals surface area contributed by atoms with E-state index in [-0.39, 0.29) is 25.4 Å². The van der Waals surface area contributed by atoms with Crippen molar-refractivity contribution in [3.05, 3.63) is 53.6 Å². The van der Waals surface area contributed by atoms with E-state index in [4.69, 9.17) is 26.3 Å². The van der Waals surface area contributed by atoms with Gasteiger partial charge < -0.3 is 14.4 Å². The number of benzene rings is 2. The lowest BCUT2D eigenvalue weighted by Crippen LogP contribution is -2.32. The zero-order valence-corrected chi connectivity index (χ0v) is 15.4. The molecule has 26 heavy (non-hydrogen) atoms. The summed E-state index contributed by atoms with van der Waals surface area (Å²) in [5, 5.41) is 9.49. The van der Waals surface area contributed by atoms with Gasteiger partial charge >= 0.3 is 0 Å². The number of carbonyl (C=O) groups excluding carboxylic acids is 1. The Morgan fingerprint density at radius 3 is 2.31 bits per heavy atom. The van der Waals surface area contributed by atoms with Crippen LogP contribution in [-0.2, 0) is 4.79 Å². The van der Waals surface area contributed by atoms with Gasteiger partial charge in [0.05, 0.1) is 32.1 Å². The number of anilines is 1. The third-order valence-electron chi connectivity index (χ3n) is 3.61. The summed E-state index contributed by atoms with van der Waals surface area (Å²) >= 11 is 5.83. The lowest BCUT2D eigenvalue weighted by Gasteiger charge is -2.22. The minimum absolute atomic E-state index is 0.0987. The molecule has 2 aromatic rings. The van der Waals surface area contributed by atoms with E-state index in [2.05, 4.69) is 6.07 Å². The van der Waals surface area contributed by atoms with Gasteiger partial charge in [-0.1, -0.05) is 11.6 Å². The van der Waals surface area contributed by atoms with Crippen LogP contribution >= 0.6 is 11.6 Å². The van der Waals surface area contributed by atoms with Crippen LogP contribution in [0.25, 0.3) is 0 Å². The van der Waals surface area contributed by atoms with E-state index in [0.29, 0.717) is 23.9 Å². The molecule has 0 atom stereocenters. The van der Waals surface area contributed by atoms with Crippen molar-refractivity contribution in [2.45, 2.75) is 19.8 Å². The SMILES string of the molecule is CCOc1ccc(N(CCC#N)C(=O)CCOc2ccc(Cl)cc2)cc1. The Morgan fingerprint density at radius 1 is 1.08 bits per heavy atom. The van der Waals surface area contributed by atoms with Gasteiger partial charge in [-0.2, -0.15) is 5.26 Å². The van der Waals surface area contributed by atoms with Crippen LogP contribution in [0.3, 0.4) is 0 Å². The normalized spacial score (nSPS) is 10.0. The third kappa shape index (κ3) is 5.98. The van der Waals surface area contributed by atoms with Crippen molar-refractivity contribution in [2.24, 2.45) is 0 Å². The maximum atomic E-state index is 12.6. The Balaban J connectivity index is 1.97. The zero-order valence-electron chi connectivity index (χ0n) is 14.7. The fourth-order valence-corrected chi connectivity index (χ4v) is 2.50. The summed E-state index contributed by atoms with van der Waals surface area (Å²) < 4.78 is 11.0. The Labute approximate surface area is 158 Å². The lowest BCUT2D eigenvalue weighted by molar-refractivity contribution is -0.119. The van der Waals surface area contributed by atoms with Gasteiger partial charge in [-0.15, -0.1) is 0 Å². The van der Waals surface area contributed by atoms with Crippen molar-refractivity contribution in [3.63, 3.8) is 0 Å². The Hall–Kier alpha value is -2.71. The fourth-order valence-electron chi connectivity index (χ4n) is 2.37. The molecule has 1 amide bonds. The van der Waals surface area contributed by atoms with Gasteiger partial charge in [-0.25, -0.2) is 0 Å². The van der Waals surface area contributed by atoms with E-state index >= 15 is 0 Å². The molecular weight excluding hydrogens is 352 g/mol. The lowest BCUT2D eigenvalue weighted by atomic mass is 10.2. The van der Waals surface area contributed by atoms with Crippen LogP contribution in [0.15, 0.2) is 48.5 Å². The number of nitrogens with zero attached hydrogens (tertiary/aromatic N) is 2. The molecule has 2 rings (SSSR count). The predicted octanol–water partition coefficient (Wildman–Crippen LogP) is 4.45. The largest absolute Gasteiger partial charge is 0.494 e. The maximum Gasteiger partial charge on any atom is 0.230 e. The van der Waals surface area contributed by atoms with Gasteiger partial charge in [0, 0.05) is 17.3 Å². The third-order valence-corrected chi connectivity index (χ3v) is 3.86. The summed E-state index contributed by atoms with van der Waals surface area (Å²) in [5.74, 6) is 1.31. The first-order valence-corrected chi connectivity index (χ1v) is 8.80. The first kappa shape index (κ1) is 19.6. The van der Waals surface area contributed by atoms with Crippen molar-refractivity contribution in [1.29, 1.82) is 5.26 Å². The number of hydrogen-bond donors (Lipinski definition) is 0. The Kier molecular flexibility index (Phi) is 7.78. The zero-order chi connectivity index (χ0) is 18.8. The predicted molar refractivity (Wildman–Crippen MR) is 102 cm³/mol. The van der Waals surface area contributed by atoms with Gasteiger partial charge in [0.25, 0.3) is 0 Å². The summed E-state index contributed by atoms with van der Waals surface area (Å²) in [7, 11) is 0. The molecule has 0 aliphatic rings. The highest BCUT2D eigenvalue weighted by atomic mass is 35.5. The maximum absolute atomic E-state index is 12.6. The van der Waals surface area contributed by atoms with Crippen LogP contribution in [0, 0.1) is 11.3 Å². The van der Waals surface area contributed by atoms with Crippen LogP contribution in [-0.4, -0.2) is 25.7 Å². The minimum atomic E-state index is -0.0987. The molecule has 5 nitrogen and oxygen atoms in total. The fraction of sp³-hybridized carbons (Fsp3) is 0.300. The average molecular weight is 373 g/mol. The number of hydrogen-bond acceptors (Lipinski definition) is 4. The first-order valence-electron chi connectivity index (χ1n) is 8.42. The molecule has 0 bridgehead atoms. The van der Waals surface area contributed by atoms with Gasteiger partial charge in [-0.3, -0.25) is 4.79 Å². The van der Waals surface area contributed by atoms with Crippen molar-refractivity contribution >= 4 is 23.2 Å². The van der Waals surface area contributed by atoms with Gasteiger partial charge in [-0.05, 0) is 55.5 Å². The van der Waals surface area contributed by atoms with Crippen molar-refractivity contribution in [3.8, 4) is 17.6 Å². The summed E-state index contributed by atoms with van der Waals surface area (Å²) in [6.45, 7) is 3.08. The molecular formula is C20H21ClN2O3. The van der Waals surface area contributed by atoms with E-state index in [9.17, 15) is 4.79 Å². The number of carbonyl (C=O) groups is 1. The molecule has 0 N–H and O–H groups in total. The Morgan fingerprint density at radius 2 is 1.69 bits per heavy atom. The van der Waals surface area contributed by atoms with Crippen LogP contribution in [0.2, 0.25) is 5.02 Å². The topological polar surface area (TPSA) is 62.6 Å². The molecule has 6 heteroatoms. The smallest absolute Gasteiger partial charge is 0.230 e.